The van der Waals surface area contributed by atoms with E-state index >= 15 is 0 Å². The van der Waals surface area contributed by atoms with E-state index in [9.17, 15) is 4.79 Å². The Balaban J connectivity index is 2.52. The zero-order chi connectivity index (χ0) is 11.0. The number of halogens is 1. The van der Waals surface area contributed by atoms with Crippen LogP contribution in [0.25, 0.3) is 5.65 Å². The highest BCUT2D eigenvalue weighted by Gasteiger charge is 2.14. The van der Waals surface area contributed by atoms with Gasteiger partial charge in [-0.05, 0) is 12.1 Å². The number of imidazole rings is 1. The molecule has 0 saturated heterocycles. The molecular weight excluding hydrogens is 212 g/mol. The van der Waals surface area contributed by atoms with Crippen molar-refractivity contribution in [2.24, 2.45) is 5.92 Å². The van der Waals surface area contributed by atoms with Crippen LogP contribution < -0.4 is 0 Å². The normalized spacial score (nSPS) is 11.2. The quantitative estimate of drug-likeness (QED) is 0.733. The number of Topliss-reactive ketones (excluding diaryl/α,β-unsaturated/α-hetero) is 1. The lowest BCUT2D eigenvalue weighted by atomic mass is 10.1. The zero-order valence-electron chi connectivity index (χ0n) is 8.57. The molecule has 0 radical (unpaired) electrons. The van der Waals surface area contributed by atoms with Crippen molar-refractivity contribution in [3.05, 3.63) is 35.2 Å². The van der Waals surface area contributed by atoms with E-state index in [4.69, 9.17) is 11.6 Å². The van der Waals surface area contributed by atoms with Crippen LogP contribution in [0.2, 0.25) is 5.02 Å². The summed E-state index contributed by atoms with van der Waals surface area (Å²) in [6.07, 6.45) is 3.45. The molecule has 2 rings (SSSR count). The first-order valence-corrected chi connectivity index (χ1v) is 5.14. The van der Waals surface area contributed by atoms with Gasteiger partial charge in [0.2, 0.25) is 0 Å². The number of ketones is 1. The van der Waals surface area contributed by atoms with Gasteiger partial charge in [-0.2, -0.15) is 0 Å². The fourth-order valence-electron chi connectivity index (χ4n) is 1.38. The minimum atomic E-state index is -0.0367. The van der Waals surface area contributed by atoms with Crippen molar-refractivity contribution in [2.45, 2.75) is 13.8 Å². The van der Waals surface area contributed by atoms with E-state index in [1.165, 1.54) is 0 Å². The average Bonchev–Trinajstić information content (AvgIpc) is 2.58. The standard InChI is InChI=1S/C11H11ClN2O/c1-7(2)11(15)9-6-14-5-8(12)3-4-10(14)13-9/h3-7H,1-2H3. The van der Waals surface area contributed by atoms with Gasteiger partial charge in [-0.1, -0.05) is 25.4 Å². The molecule has 0 fully saturated rings. The first-order valence-electron chi connectivity index (χ1n) is 4.76. The molecule has 3 nitrogen and oxygen atoms in total. The summed E-state index contributed by atoms with van der Waals surface area (Å²) in [7, 11) is 0. The van der Waals surface area contributed by atoms with Crippen LogP contribution in [0.4, 0.5) is 0 Å². The summed E-state index contributed by atoms with van der Waals surface area (Å²) in [6, 6.07) is 3.55. The summed E-state index contributed by atoms with van der Waals surface area (Å²) in [4.78, 5) is 15.9. The van der Waals surface area contributed by atoms with E-state index < -0.39 is 0 Å². The number of carbonyl (C=O) groups excluding carboxylic acids is 1. The fraction of sp³-hybridized carbons (Fsp3) is 0.273. The van der Waals surface area contributed by atoms with Crippen molar-refractivity contribution in [2.75, 3.05) is 0 Å². The third-order valence-corrected chi connectivity index (χ3v) is 2.42. The van der Waals surface area contributed by atoms with Crippen molar-refractivity contribution in [3.63, 3.8) is 0 Å². The van der Waals surface area contributed by atoms with Gasteiger partial charge < -0.3 is 4.40 Å². The van der Waals surface area contributed by atoms with Gasteiger partial charge >= 0.3 is 0 Å². The highest BCUT2D eigenvalue weighted by atomic mass is 35.5. The summed E-state index contributed by atoms with van der Waals surface area (Å²) < 4.78 is 1.76. The summed E-state index contributed by atoms with van der Waals surface area (Å²) in [5, 5.41) is 0.628. The third-order valence-electron chi connectivity index (χ3n) is 2.19. The maximum Gasteiger partial charge on any atom is 0.185 e. The Morgan fingerprint density at radius 1 is 1.40 bits per heavy atom. The van der Waals surface area contributed by atoms with Gasteiger partial charge in [0.15, 0.2) is 5.78 Å². The molecule has 15 heavy (non-hydrogen) atoms. The van der Waals surface area contributed by atoms with Gasteiger partial charge in [-0.15, -0.1) is 0 Å². The molecule has 0 aliphatic heterocycles. The van der Waals surface area contributed by atoms with Gasteiger partial charge in [0, 0.05) is 18.3 Å². The van der Waals surface area contributed by atoms with Crippen LogP contribution in [-0.2, 0) is 0 Å². The van der Waals surface area contributed by atoms with Gasteiger partial charge in [-0.3, -0.25) is 4.79 Å². The van der Waals surface area contributed by atoms with Crippen molar-refractivity contribution < 1.29 is 4.79 Å². The molecule has 78 valence electrons. The summed E-state index contributed by atoms with van der Waals surface area (Å²) in [5.74, 6) is 0.0141. The number of pyridine rings is 1. The Morgan fingerprint density at radius 2 is 2.13 bits per heavy atom. The molecule has 0 spiro atoms. The minimum absolute atomic E-state index is 0.0367. The second-order valence-corrected chi connectivity index (χ2v) is 4.19. The van der Waals surface area contributed by atoms with Crippen LogP contribution in [0.3, 0.4) is 0 Å². The number of hydrogen-bond acceptors (Lipinski definition) is 2. The minimum Gasteiger partial charge on any atom is -0.305 e. The van der Waals surface area contributed by atoms with Crippen molar-refractivity contribution >= 4 is 23.0 Å². The first kappa shape index (κ1) is 10.2. The molecule has 4 heteroatoms. The summed E-state index contributed by atoms with van der Waals surface area (Å²) in [6.45, 7) is 3.72. The maximum atomic E-state index is 11.7. The van der Waals surface area contributed by atoms with E-state index in [-0.39, 0.29) is 11.7 Å². The van der Waals surface area contributed by atoms with Gasteiger partial charge in [0.1, 0.15) is 11.3 Å². The average molecular weight is 223 g/mol. The number of fused-ring (bicyclic) bond motifs is 1. The monoisotopic (exact) mass is 222 g/mol. The second-order valence-electron chi connectivity index (χ2n) is 3.76. The lowest BCUT2D eigenvalue weighted by Crippen LogP contribution is -2.07. The number of aromatic nitrogens is 2. The van der Waals surface area contributed by atoms with Crippen molar-refractivity contribution in [1.82, 2.24) is 9.38 Å². The van der Waals surface area contributed by atoms with Gasteiger partial charge in [-0.25, -0.2) is 4.98 Å². The Labute approximate surface area is 92.7 Å². The van der Waals surface area contributed by atoms with Crippen LogP contribution in [0.1, 0.15) is 24.3 Å². The van der Waals surface area contributed by atoms with Crippen LogP contribution in [0, 0.1) is 5.92 Å². The predicted molar refractivity (Wildman–Crippen MR) is 59.4 cm³/mol. The Bertz CT molecular complexity index is 516. The molecule has 0 aliphatic rings. The molecule has 0 aliphatic carbocycles. The van der Waals surface area contributed by atoms with Crippen LogP contribution in [0.15, 0.2) is 24.5 Å². The third kappa shape index (κ3) is 1.88. The lowest BCUT2D eigenvalue weighted by molar-refractivity contribution is 0.0935. The summed E-state index contributed by atoms with van der Waals surface area (Å²) in [5.41, 5.74) is 1.23. The molecular formula is C11H11ClN2O. The van der Waals surface area contributed by atoms with E-state index in [0.717, 1.165) is 5.65 Å². The predicted octanol–water partition coefficient (Wildman–Crippen LogP) is 2.83. The van der Waals surface area contributed by atoms with Gasteiger partial charge in [0.05, 0.1) is 5.02 Å². The Morgan fingerprint density at radius 3 is 2.80 bits per heavy atom. The lowest BCUT2D eigenvalue weighted by Gasteiger charge is -1.97. The molecule has 0 amide bonds. The molecule has 2 heterocycles. The summed E-state index contributed by atoms with van der Waals surface area (Å²) >= 11 is 5.84. The number of carbonyl (C=O) groups is 1. The van der Waals surface area contributed by atoms with Crippen molar-refractivity contribution in [1.29, 1.82) is 0 Å². The SMILES string of the molecule is CC(C)C(=O)c1cn2cc(Cl)ccc2n1. The van der Waals surface area contributed by atoms with Crippen LogP contribution in [0.5, 0.6) is 0 Å². The van der Waals surface area contributed by atoms with E-state index in [1.807, 2.05) is 13.8 Å². The van der Waals surface area contributed by atoms with Crippen molar-refractivity contribution in [3.8, 4) is 0 Å². The molecule has 2 aromatic heterocycles. The Hall–Kier alpha value is -1.35. The molecule has 0 N–H and O–H groups in total. The molecule has 0 atom stereocenters. The van der Waals surface area contributed by atoms with Crippen LogP contribution >= 0.6 is 11.6 Å². The smallest absolute Gasteiger partial charge is 0.185 e. The number of hydrogen-bond donors (Lipinski definition) is 0. The Kier molecular flexibility index (Phi) is 2.49. The van der Waals surface area contributed by atoms with E-state index in [1.54, 1.807) is 28.9 Å². The van der Waals surface area contributed by atoms with E-state index in [0.29, 0.717) is 10.7 Å². The molecule has 0 saturated carbocycles. The topological polar surface area (TPSA) is 34.4 Å². The maximum absolute atomic E-state index is 11.7. The second kappa shape index (κ2) is 3.66. The van der Waals surface area contributed by atoms with E-state index in [2.05, 4.69) is 4.98 Å². The first-order chi connectivity index (χ1) is 7.08. The molecule has 0 aromatic carbocycles. The molecule has 0 bridgehead atoms. The zero-order valence-corrected chi connectivity index (χ0v) is 9.32. The largest absolute Gasteiger partial charge is 0.305 e. The fourth-order valence-corrected chi connectivity index (χ4v) is 1.55. The molecule has 2 aromatic rings. The number of rotatable bonds is 2. The molecule has 0 unspecified atom stereocenters. The van der Waals surface area contributed by atoms with Gasteiger partial charge in [0.25, 0.3) is 0 Å². The van der Waals surface area contributed by atoms with Crippen LogP contribution in [-0.4, -0.2) is 15.2 Å². The number of nitrogens with zero attached hydrogens (tertiary/aromatic N) is 2. The highest BCUT2D eigenvalue weighted by Crippen LogP contribution is 2.13. The highest BCUT2D eigenvalue weighted by molar-refractivity contribution is 6.30.